The average molecular weight is 235 g/mol. The molecule has 1 fully saturated rings. The molecular formula is C9H17NO4S. The zero-order valence-electron chi connectivity index (χ0n) is 9.19. The van der Waals surface area contributed by atoms with Gasteiger partial charge in [0.25, 0.3) is 0 Å². The van der Waals surface area contributed by atoms with Crippen molar-refractivity contribution in [3.05, 3.63) is 0 Å². The molecule has 1 saturated heterocycles. The first-order valence-corrected chi connectivity index (χ1v) is 6.35. The minimum absolute atomic E-state index is 0.188. The van der Waals surface area contributed by atoms with Gasteiger partial charge in [0.2, 0.25) is 0 Å². The third-order valence-corrected chi connectivity index (χ3v) is 6.27. The van der Waals surface area contributed by atoms with E-state index in [4.69, 9.17) is 5.73 Å². The van der Waals surface area contributed by atoms with Gasteiger partial charge in [-0.15, -0.1) is 0 Å². The Morgan fingerprint density at radius 3 is 2.40 bits per heavy atom. The number of nitrogens with two attached hydrogens (primary N) is 1. The molecule has 0 spiro atoms. The summed E-state index contributed by atoms with van der Waals surface area (Å²) in [6.07, 6.45) is 0.262. The van der Waals surface area contributed by atoms with Gasteiger partial charge in [0.05, 0.1) is 11.9 Å². The second-order valence-electron chi connectivity index (χ2n) is 4.33. The Bertz CT molecular complexity index is 360. The Morgan fingerprint density at radius 2 is 2.07 bits per heavy atom. The van der Waals surface area contributed by atoms with Gasteiger partial charge in [-0.25, -0.2) is 8.42 Å². The van der Waals surface area contributed by atoms with Crippen LogP contribution in [0.3, 0.4) is 0 Å². The number of ether oxygens (including phenoxy) is 1. The Labute approximate surface area is 89.9 Å². The fourth-order valence-corrected chi connectivity index (χ4v) is 4.23. The minimum Gasteiger partial charge on any atom is -0.468 e. The van der Waals surface area contributed by atoms with Crippen LogP contribution in [-0.2, 0) is 19.4 Å². The zero-order valence-corrected chi connectivity index (χ0v) is 10.0. The molecule has 1 rings (SSSR count). The summed E-state index contributed by atoms with van der Waals surface area (Å²) in [5, 5.41) is -1.05. The SMILES string of the molecule is COC(=O)C1CC(CN)C(C)(C)S1(=O)=O. The summed E-state index contributed by atoms with van der Waals surface area (Å²) < 4.78 is 27.6. The maximum Gasteiger partial charge on any atom is 0.324 e. The van der Waals surface area contributed by atoms with Crippen molar-refractivity contribution in [3.8, 4) is 0 Å². The van der Waals surface area contributed by atoms with Gasteiger partial charge >= 0.3 is 5.97 Å². The van der Waals surface area contributed by atoms with Gasteiger partial charge in [-0.1, -0.05) is 0 Å². The molecule has 0 aromatic heterocycles. The topological polar surface area (TPSA) is 86.5 Å². The molecule has 0 amide bonds. The van der Waals surface area contributed by atoms with Crippen molar-refractivity contribution in [3.63, 3.8) is 0 Å². The van der Waals surface area contributed by atoms with Gasteiger partial charge in [-0.3, -0.25) is 4.79 Å². The lowest BCUT2D eigenvalue weighted by molar-refractivity contribution is -0.140. The molecule has 2 unspecified atom stereocenters. The van der Waals surface area contributed by atoms with Crippen LogP contribution >= 0.6 is 0 Å². The van der Waals surface area contributed by atoms with Crippen molar-refractivity contribution >= 4 is 15.8 Å². The van der Waals surface area contributed by atoms with Crippen LogP contribution in [-0.4, -0.2) is 38.0 Å². The third-order valence-electron chi connectivity index (χ3n) is 3.34. The largest absolute Gasteiger partial charge is 0.468 e. The predicted molar refractivity (Wildman–Crippen MR) is 56.0 cm³/mol. The molecular weight excluding hydrogens is 218 g/mol. The first-order chi connectivity index (χ1) is 6.79. The molecule has 0 aliphatic carbocycles. The molecule has 88 valence electrons. The molecule has 6 heteroatoms. The van der Waals surface area contributed by atoms with E-state index in [1.165, 1.54) is 7.11 Å². The van der Waals surface area contributed by atoms with E-state index in [1.807, 2.05) is 0 Å². The predicted octanol–water partition coefficient (Wildman–Crippen LogP) is -0.300. The smallest absolute Gasteiger partial charge is 0.324 e. The highest BCUT2D eigenvalue weighted by Gasteiger charge is 2.56. The summed E-state index contributed by atoms with van der Waals surface area (Å²) in [6.45, 7) is 3.49. The summed E-state index contributed by atoms with van der Waals surface area (Å²) in [5.74, 6) is -0.870. The highest BCUT2D eigenvalue weighted by molar-refractivity contribution is 7.94. The molecule has 0 radical (unpaired) electrons. The van der Waals surface area contributed by atoms with E-state index < -0.39 is 25.8 Å². The van der Waals surface area contributed by atoms with E-state index in [1.54, 1.807) is 13.8 Å². The van der Waals surface area contributed by atoms with Crippen molar-refractivity contribution < 1.29 is 17.9 Å². The number of sulfone groups is 1. The maximum atomic E-state index is 12.0. The Balaban J connectivity index is 3.13. The number of hydrogen-bond donors (Lipinski definition) is 1. The molecule has 15 heavy (non-hydrogen) atoms. The quantitative estimate of drug-likeness (QED) is 0.664. The van der Waals surface area contributed by atoms with Crippen LogP contribution in [0.25, 0.3) is 0 Å². The van der Waals surface area contributed by atoms with Gasteiger partial charge in [0, 0.05) is 0 Å². The Morgan fingerprint density at radius 1 is 1.53 bits per heavy atom. The monoisotopic (exact) mass is 235 g/mol. The standard InChI is InChI=1S/C9H17NO4S/c1-9(2)6(5-10)4-7(8(11)14-3)15(9,12)13/h6-7H,4-5,10H2,1-3H3. The molecule has 0 aromatic carbocycles. The maximum absolute atomic E-state index is 12.0. The van der Waals surface area contributed by atoms with Crippen molar-refractivity contribution in [2.24, 2.45) is 11.7 Å². The average Bonchev–Trinajstić information content (AvgIpc) is 2.34. The first-order valence-electron chi connectivity index (χ1n) is 4.80. The zero-order chi connectivity index (χ0) is 11.9. The highest BCUT2D eigenvalue weighted by atomic mass is 32.2. The van der Waals surface area contributed by atoms with E-state index in [9.17, 15) is 13.2 Å². The van der Waals surface area contributed by atoms with E-state index >= 15 is 0 Å². The van der Waals surface area contributed by atoms with Gasteiger partial charge in [0.1, 0.15) is 0 Å². The number of carbonyl (C=O) groups is 1. The number of methoxy groups -OCH3 is 1. The molecule has 1 aliphatic heterocycles. The van der Waals surface area contributed by atoms with Crippen LogP contribution in [0.1, 0.15) is 20.3 Å². The van der Waals surface area contributed by atoms with Crippen LogP contribution in [0.15, 0.2) is 0 Å². The van der Waals surface area contributed by atoms with Crippen LogP contribution in [0.4, 0.5) is 0 Å². The number of carbonyl (C=O) groups excluding carboxylic acids is 1. The van der Waals surface area contributed by atoms with Crippen molar-refractivity contribution in [2.75, 3.05) is 13.7 Å². The van der Waals surface area contributed by atoms with Crippen LogP contribution in [0.2, 0.25) is 0 Å². The summed E-state index contributed by atoms with van der Waals surface area (Å²) in [7, 11) is -2.30. The van der Waals surface area contributed by atoms with E-state index in [-0.39, 0.29) is 18.9 Å². The molecule has 1 aliphatic rings. The molecule has 1 heterocycles. The van der Waals surface area contributed by atoms with Gasteiger partial charge < -0.3 is 10.5 Å². The van der Waals surface area contributed by atoms with E-state index in [0.29, 0.717) is 0 Å². The van der Waals surface area contributed by atoms with Crippen molar-refractivity contribution in [1.82, 2.24) is 0 Å². The fourth-order valence-electron chi connectivity index (χ4n) is 2.00. The Hall–Kier alpha value is -0.620. The normalized spacial score (nSPS) is 32.5. The summed E-state index contributed by atoms with van der Waals surface area (Å²) >= 11 is 0. The summed E-state index contributed by atoms with van der Waals surface area (Å²) in [4.78, 5) is 11.3. The second-order valence-corrected chi connectivity index (χ2v) is 7.04. The molecule has 0 bridgehead atoms. The summed E-state index contributed by atoms with van der Waals surface area (Å²) in [5.41, 5.74) is 5.52. The number of hydrogen-bond acceptors (Lipinski definition) is 5. The lowest BCUT2D eigenvalue weighted by atomic mass is 9.91. The third kappa shape index (κ3) is 1.65. The summed E-state index contributed by atoms with van der Waals surface area (Å²) in [6, 6.07) is 0. The lowest BCUT2D eigenvalue weighted by Gasteiger charge is -2.24. The molecule has 5 nitrogen and oxygen atoms in total. The number of esters is 1. The minimum atomic E-state index is -3.49. The molecule has 2 N–H and O–H groups in total. The van der Waals surface area contributed by atoms with Crippen LogP contribution in [0.5, 0.6) is 0 Å². The van der Waals surface area contributed by atoms with Crippen molar-refractivity contribution in [2.45, 2.75) is 30.3 Å². The molecule has 0 aromatic rings. The van der Waals surface area contributed by atoms with Crippen LogP contribution in [0, 0.1) is 5.92 Å². The van der Waals surface area contributed by atoms with E-state index in [0.717, 1.165) is 0 Å². The van der Waals surface area contributed by atoms with E-state index in [2.05, 4.69) is 4.74 Å². The van der Waals surface area contributed by atoms with Crippen LogP contribution < -0.4 is 5.73 Å². The Kier molecular flexibility index (Phi) is 3.11. The van der Waals surface area contributed by atoms with Gasteiger partial charge in [0.15, 0.2) is 15.1 Å². The second kappa shape index (κ2) is 3.75. The molecule has 0 saturated carbocycles. The fraction of sp³-hybridized carbons (Fsp3) is 0.889. The van der Waals surface area contributed by atoms with Gasteiger partial charge in [-0.2, -0.15) is 0 Å². The molecule has 2 atom stereocenters. The highest BCUT2D eigenvalue weighted by Crippen LogP contribution is 2.41. The number of rotatable bonds is 2. The van der Waals surface area contributed by atoms with Crippen molar-refractivity contribution in [1.29, 1.82) is 0 Å². The first kappa shape index (κ1) is 12.4. The lowest BCUT2D eigenvalue weighted by Crippen LogP contribution is -2.39. The van der Waals surface area contributed by atoms with Gasteiger partial charge in [-0.05, 0) is 32.7 Å².